The summed E-state index contributed by atoms with van der Waals surface area (Å²) in [5.41, 5.74) is 4.62. The van der Waals surface area contributed by atoms with Gasteiger partial charge < -0.3 is 21.1 Å². The molecule has 7 heteroatoms. The third-order valence-corrected chi connectivity index (χ3v) is 4.44. The molecule has 1 fully saturated rings. The van der Waals surface area contributed by atoms with E-state index in [0.29, 0.717) is 19.4 Å². The fraction of sp³-hybridized carbons (Fsp3) is 0.812. The number of amides is 2. The maximum absolute atomic E-state index is 12.5. The Morgan fingerprint density at radius 2 is 1.78 bits per heavy atom. The van der Waals surface area contributed by atoms with Crippen LogP contribution in [-0.2, 0) is 14.4 Å². The quantitative estimate of drug-likeness (QED) is 0.628. The molecular weight excluding hydrogens is 298 g/mol. The highest BCUT2D eigenvalue weighted by molar-refractivity contribution is 5.87. The van der Waals surface area contributed by atoms with Gasteiger partial charge in [-0.15, -0.1) is 0 Å². The van der Waals surface area contributed by atoms with Crippen LogP contribution >= 0.6 is 0 Å². The maximum Gasteiger partial charge on any atom is 0.326 e. The van der Waals surface area contributed by atoms with Gasteiger partial charge in [0.2, 0.25) is 11.8 Å². The molecule has 1 aliphatic heterocycles. The molecule has 1 heterocycles. The molecule has 7 nitrogen and oxygen atoms in total. The molecule has 0 spiro atoms. The summed E-state index contributed by atoms with van der Waals surface area (Å²) < 4.78 is 0. The first kappa shape index (κ1) is 19.4. The summed E-state index contributed by atoms with van der Waals surface area (Å²) in [4.78, 5) is 37.0. The second kappa shape index (κ2) is 7.77. The van der Waals surface area contributed by atoms with E-state index in [2.05, 4.69) is 10.2 Å². The van der Waals surface area contributed by atoms with Crippen molar-refractivity contribution in [2.45, 2.75) is 46.6 Å². The summed E-state index contributed by atoms with van der Waals surface area (Å²) in [5, 5.41) is 11.8. The maximum atomic E-state index is 12.5. The summed E-state index contributed by atoms with van der Waals surface area (Å²) in [6, 6.07) is -0.887. The van der Waals surface area contributed by atoms with Crippen molar-refractivity contribution in [3.63, 3.8) is 0 Å². The van der Waals surface area contributed by atoms with Crippen molar-refractivity contribution in [1.82, 2.24) is 10.2 Å². The summed E-state index contributed by atoms with van der Waals surface area (Å²) >= 11 is 0. The number of carbonyl (C=O) groups is 3. The zero-order valence-electron chi connectivity index (χ0n) is 14.5. The van der Waals surface area contributed by atoms with E-state index < -0.39 is 17.4 Å². The highest BCUT2D eigenvalue weighted by atomic mass is 16.4. The molecule has 2 amide bonds. The molecule has 1 saturated heterocycles. The number of likely N-dealkylation sites (tertiary alicyclic amines) is 1. The SMILES string of the molecule is CC(C)C(NC(=O)C(C)(C)CN1CCC(C(N)=O)CC1)C(=O)O. The van der Waals surface area contributed by atoms with Gasteiger partial charge in [0.05, 0.1) is 5.41 Å². The van der Waals surface area contributed by atoms with Gasteiger partial charge in [-0.25, -0.2) is 4.79 Å². The summed E-state index contributed by atoms with van der Waals surface area (Å²) in [6.45, 7) is 9.10. The van der Waals surface area contributed by atoms with Gasteiger partial charge >= 0.3 is 5.97 Å². The van der Waals surface area contributed by atoms with Gasteiger partial charge in [-0.1, -0.05) is 13.8 Å². The predicted octanol–water partition coefficient (Wildman–Crippen LogP) is 0.435. The minimum atomic E-state index is -1.02. The van der Waals surface area contributed by atoms with Crippen LogP contribution in [-0.4, -0.2) is 53.5 Å². The number of hydrogen-bond acceptors (Lipinski definition) is 4. The number of aliphatic carboxylic acids is 1. The molecule has 1 aliphatic rings. The van der Waals surface area contributed by atoms with Gasteiger partial charge in [0.15, 0.2) is 0 Å². The average molecular weight is 327 g/mol. The molecule has 0 bridgehead atoms. The molecule has 0 aromatic rings. The van der Waals surface area contributed by atoms with Crippen molar-refractivity contribution in [1.29, 1.82) is 0 Å². The summed E-state index contributed by atoms with van der Waals surface area (Å²) in [7, 11) is 0. The molecule has 0 saturated carbocycles. The van der Waals surface area contributed by atoms with Gasteiger partial charge in [-0.05, 0) is 45.7 Å². The van der Waals surface area contributed by atoms with E-state index in [1.165, 1.54) is 0 Å². The van der Waals surface area contributed by atoms with Crippen LogP contribution < -0.4 is 11.1 Å². The first-order chi connectivity index (χ1) is 10.5. The third kappa shape index (κ3) is 5.49. The lowest BCUT2D eigenvalue weighted by atomic mass is 9.88. The van der Waals surface area contributed by atoms with Crippen molar-refractivity contribution < 1.29 is 19.5 Å². The van der Waals surface area contributed by atoms with Crippen molar-refractivity contribution in [3.05, 3.63) is 0 Å². The lowest BCUT2D eigenvalue weighted by Gasteiger charge is -2.36. The smallest absolute Gasteiger partial charge is 0.326 e. The standard InChI is InChI=1S/C16H29N3O4/c1-10(2)12(14(21)22)18-15(23)16(3,4)9-19-7-5-11(6-8-19)13(17)20/h10-12H,5-9H2,1-4H3,(H2,17,20)(H,18,23)(H,21,22). The Labute approximate surface area is 137 Å². The van der Waals surface area contributed by atoms with Crippen LogP contribution in [0.4, 0.5) is 0 Å². The van der Waals surface area contributed by atoms with E-state index in [4.69, 9.17) is 5.73 Å². The van der Waals surface area contributed by atoms with Crippen LogP contribution in [0.25, 0.3) is 0 Å². The fourth-order valence-electron chi connectivity index (χ4n) is 2.86. The fourth-order valence-corrected chi connectivity index (χ4v) is 2.86. The number of carboxylic acids is 1. The Morgan fingerprint density at radius 3 is 2.17 bits per heavy atom. The minimum Gasteiger partial charge on any atom is -0.480 e. The first-order valence-electron chi connectivity index (χ1n) is 8.10. The topological polar surface area (TPSA) is 113 Å². The van der Waals surface area contributed by atoms with Crippen LogP contribution in [0.3, 0.4) is 0 Å². The first-order valence-corrected chi connectivity index (χ1v) is 8.10. The van der Waals surface area contributed by atoms with Crippen molar-refractivity contribution >= 4 is 17.8 Å². The van der Waals surface area contributed by atoms with Crippen molar-refractivity contribution in [2.75, 3.05) is 19.6 Å². The zero-order valence-corrected chi connectivity index (χ0v) is 14.5. The molecule has 1 atom stereocenters. The van der Waals surface area contributed by atoms with Gasteiger partial charge in [0, 0.05) is 12.5 Å². The predicted molar refractivity (Wildman–Crippen MR) is 86.5 cm³/mol. The minimum absolute atomic E-state index is 0.0829. The van der Waals surface area contributed by atoms with E-state index in [1.54, 1.807) is 13.8 Å². The summed E-state index contributed by atoms with van der Waals surface area (Å²) in [5.74, 6) is -1.82. The molecule has 0 aromatic heterocycles. The number of nitrogens with zero attached hydrogens (tertiary/aromatic N) is 1. The van der Waals surface area contributed by atoms with E-state index in [9.17, 15) is 19.5 Å². The molecule has 1 unspecified atom stereocenters. The molecular formula is C16H29N3O4. The number of nitrogens with two attached hydrogens (primary N) is 1. The van der Waals surface area contributed by atoms with Crippen LogP contribution in [0.15, 0.2) is 0 Å². The van der Waals surface area contributed by atoms with Crippen molar-refractivity contribution in [3.8, 4) is 0 Å². The molecule has 132 valence electrons. The number of nitrogens with one attached hydrogen (secondary N) is 1. The van der Waals surface area contributed by atoms with Gasteiger partial charge in [0.1, 0.15) is 6.04 Å². The normalized spacial score (nSPS) is 18.7. The Balaban J connectivity index is 2.59. The van der Waals surface area contributed by atoms with E-state index in [-0.39, 0.29) is 23.7 Å². The largest absolute Gasteiger partial charge is 0.480 e. The highest BCUT2D eigenvalue weighted by Crippen LogP contribution is 2.23. The average Bonchev–Trinajstić information content (AvgIpc) is 2.43. The molecule has 0 aliphatic carbocycles. The number of hydrogen-bond donors (Lipinski definition) is 3. The zero-order chi connectivity index (χ0) is 17.8. The highest BCUT2D eigenvalue weighted by Gasteiger charge is 2.35. The monoisotopic (exact) mass is 327 g/mol. The number of piperidine rings is 1. The van der Waals surface area contributed by atoms with E-state index >= 15 is 0 Å². The Hall–Kier alpha value is -1.63. The Bertz CT molecular complexity index is 454. The lowest BCUT2D eigenvalue weighted by Crippen LogP contribution is -2.53. The molecule has 4 N–H and O–H groups in total. The third-order valence-electron chi connectivity index (χ3n) is 4.44. The van der Waals surface area contributed by atoms with Crippen molar-refractivity contribution in [2.24, 2.45) is 23.0 Å². The second-order valence-corrected chi connectivity index (χ2v) is 7.37. The van der Waals surface area contributed by atoms with Gasteiger partial charge in [0.25, 0.3) is 0 Å². The number of carbonyl (C=O) groups excluding carboxylic acids is 2. The number of carboxylic acid groups (broad SMARTS) is 1. The van der Waals surface area contributed by atoms with Gasteiger partial charge in [-0.2, -0.15) is 0 Å². The second-order valence-electron chi connectivity index (χ2n) is 7.37. The summed E-state index contributed by atoms with van der Waals surface area (Å²) in [6.07, 6.45) is 1.41. The Kier molecular flexibility index (Phi) is 6.56. The van der Waals surface area contributed by atoms with Crippen LogP contribution in [0, 0.1) is 17.3 Å². The van der Waals surface area contributed by atoms with Crippen LogP contribution in [0.5, 0.6) is 0 Å². The Morgan fingerprint density at radius 1 is 1.26 bits per heavy atom. The number of rotatable bonds is 7. The van der Waals surface area contributed by atoms with Crippen LogP contribution in [0.2, 0.25) is 0 Å². The molecule has 23 heavy (non-hydrogen) atoms. The van der Waals surface area contributed by atoms with E-state index in [1.807, 2.05) is 13.8 Å². The molecule has 1 rings (SSSR count). The molecule has 0 radical (unpaired) electrons. The van der Waals surface area contributed by atoms with Crippen LogP contribution in [0.1, 0.15) is 40.5 Å². The van der Waals surface area contributed by atoms with Gasteiger partial charge in [-0.3, -0.25) is 9.59 Å². The molecule has 0 aromatic carbocycles. The van der Waals surface area contributed by atoms with E-state index in [0.717, 1.165) is 13.1 Å². The lowest BCUT2D eigenvalue weighted by molar-refractivity contribution is -0.145. The number of primary amides is 1.